The molecule has 0 unspecified atom stereocenters. The fourth-order valence-electron chi connectivity index (χ4n) is 3.22. The van der Waals surface area contributed by atoms with Crippen LogP contribution in [0.1, 0.15) is 38.8 Å². The summed E-state index contributed by atoms with van der Waals surface area (Å²) in [5, 5.41) is 2.64. The minimum absolute atomic E-state index is 0.0613. The molecule has 0 saturated carbocycles. The Morgan fingerprint density at radius 2 is 1.71 bits per heavy atom. The summed E-state index contributed by atoms with van der Waals surface area (Å²) >= 11 is 0. The molecule has 0 radical (unpaired) electrons. The maximum absolute atomic E-state index is 12.7. The lowest BCUT2D eigenvalue weighted by Gasteiger charge is -2.32. The highest BCUT2D eigenvalue weighted by molar-refractivity contribution is 6.56. The highest BCUT2D eigenvalue weighted by atomic mass is 19.4. The maximum atomic E-state index is 12.7. The van der Waals surface area contributed by atoms with E-state index in [2.05, 4.69) is 10.1 Å². The number of nitrogens with two attached hydrogens (primary N) is 1. The highest BCUT2D eigenvalue weighted by Gasteiger charge is 2.52. The molecular formula is C24H28BF3N2O5. The van der Waals surface area contributed by atoms with E-state index in [0.29, 0.717) is 5.47 Å². The number of ether oxygens (including phenoxy) is 2. The van der Waals surface area contributed by atoms with Crippen LogP contribution < -0.4 is 15.8 Å². The van der Waals surface area contributed by atoms with E-state index in [1.54, 1.807) is 0 Å². The molecule has 2 aromatic rings. The van der Waals surface area contributed by atoms with Gasteiger partial charge in [-0.15, -0.1) is 13.2 Å². The number of alkyl halides is 3. The van der Waals surface area contributed by atoms with E-state index in [1.807, 2.05) is 58.0 Å². The molecule has 7 nitrogen and oxygen atoms in total. The molecule has 188 valence electrons. The molecule has 1 aliphatic rings. The summed E-state index contributed by atoms with van der Waals surface area (Å²) in [6, 6.07) is 12.7. The van der Waals surface area contributed by atoms with Crippen LogP contribution in [0.3, 0.4) is 0 Å². The molecule has 1 saturated heterocycles. The average molecular weight is 492 g/mol. The number of carbonyl (C=O) groups excluding carboxylic acids is 1. The van der Waals surface area contributed by atoms with Crippen LogP contribution in [0.5, 0.6) is 5.75 Å². The molecule has 0 aromatic heterocycles. The number of hydrogen-bond acceptors (Lipinski definition) is 6. The van der Waals surface area contributed by atoms with Crippen LogP contribution >= 0.6 is 0 Å². The summed E-state index contributed by atoms with van der Waals surface area (Å²) in [4.78, 5) is 12.3. The molecular weight excluding hydrogens is 464 g/mol. The normalized spacial score (nSPS) is 17.2. The van der Waals surface area contributed by atoms with Gasteiger partial charge in [-0.25, -0.2) is 4.79 Å². The van der Waals surface area contributed by atoms with Crippen LogP contribution in [0.15, 0.2) is 54.0 Å². The van der Waals surface area contributed by atoms with Crippen molar-refractivity contribution in [3.63, 3.8) is 0 Å². The van der Waals surface area contributed by atoms with Crippen molar-refractivity contribution in [1.29, 1.82) is 0 Å². The van der Waals surface area contributed by atoms with E-state index in [4.69, 9.17) is 19.8 Å². The molecule has 35 heavy (non-hydrogen) atoms. The topological polar surface area (TPSA) is 92.0 Å². The fourth-order valence-corrected chi connectivity index (χ4v) is 3.22. The molecule has 1 amide bonds. The zero-order chi connectivity index (χ0) is 25.9. The second-order valence-electron chi connectivity index (χ2n) is 9.06. The first-order valence-corrected chi connectivity index (χ1v) is 10.9. The van der Waals surface area contributed by atoms with E-state index in [0.717, 1.165) is 17.7 Å². The average Bonchev–Trinajstić information content (AvgIpc) is 2.98. The number of nitrogen functional groups attached to an aromatic ring is 1. The van der Waals surface area contributed by atoms with E-state index in [9.17, 15) is 18.0 Å². The Balaban J connectivity index is 1.81. The Labute approximate surface area is 202 Å². The molecule has 1 aliphatic heterocycles. The Morgan fingerprint density at radius 1 is 1.09 bits per heavy atom. The van der Waals surface area contributed by atoms with Crippen molar-refractivity contribution in [3.8, 4) is 5.75 Å². The quantitative estimate of drug-likeness (QED) is 0.413. The SMILES string of the molecule is CC1(C)OB(C(=Cc2cc(OC(F)(F)F)ccc2N)CNC(=O)OCc2ccccc2)OC1(C)C. The molecule has 0 atom stereocenters. The first-order valence-electron chi connectivity index (χ1n) is 10.9. The summed E-state index contributed by atoms with van der Waals surface area (Å²) in [5.41, 5.74) is 6.33. The van der Waals surface area contributed by atoms with Gasteiger partial charge in [-0.3, -0.25) is 0 Å². The molecule has 11 heteroatoms. The van der Waals surface area contributed by atoms with Crippen molar-refractivity contribution in [2.45, 2.75) is 51.9 Å². The lowest BCUT2D eigenvalue weighted by atomic mass is 9.77. The van der Waals surface area contributed by atoms with Gasteiger partial charge >= 0.3 is 19.6 Å². The third-order valence-corrected chi connectivity index (χ3v) is 5.84. The summed E-state index contributed by atoms with van der Waals surface area (Å²) in [6.45, 7) is 7.45. The van der Waals surface area contributed by atoms with Gasteiger partial charge in [0.2, 0.25) is 0 Å². The van der Waals surface area contributed by atoms with E-state index in [-0.39, 0.29) is 24.4 Å². The van der Waals surface area contributed by atoms with Gasteiger partial charge in [0, 0.05) is 17.8 Å². The van der Waals surface area contributed by atoms with Gasteiger partial charge < -0.3 is 29.8 Å². The van der Waals surface area contributed by atoms with Crippen LogP contribution in [-0.2, 0) is 20.7 Å². The molecule has 1 heterocycles. The lowest BCUT2D eigenvalue weighted by molar-refractivity contribution is -0.274. The molecule has 0 bridgehead atoms. The number of anilines is 1. The summed E-state index contributed by atoms with van der Waals surface area (Å²) in [7, 11) is -0.888. The van der Waals surface area contributed by atoms with Crippen LogP contribution in [0.4, 0.5) is 23.7 Å². The molecule has 1 fully saturated rings. The minimum Gasteiger partial charge on any atom is -0.445 e. The third kappa shape index (κ3) is 7.16. The third-order valence-electron chi connectivity index (χ3n) is 5.84. The maximum Gasteiger partial charge on any atom is 0.573 e. The zero-order valence-electron chi connectivity index (χ0n) is 19.9. The van der Waals surface area contributed by atoms with Crippen molar-refractivity contribution < 1.29 is 36.7 Å². The Morgan fingerprint density at radius 3 is 2.31 bits per heavy atom. The molecule has 3 rings (SSSR count). The van der Waals surface area contributed by atoms with Crippen molar-refractivity contribution in [1.82, 2.24) is 5.32 Å². The fraction of sp³-hybridized carbons (Fsp3) is 0.375. The van der Waals surface area contributed by atoms with Gasteiger partial charge in [-0.1, -0.05) is 36.4 Å². The largest absolute Gasteiger partial charge is 0.573 e. The van der Waals surface area contributed by atoms with Crippen LogP contribution in [0.25, 0.3) is 6.08 Å². The van der Waals surface area contributed by atoms with Gasteiger partial charge in [-0.2, -0.15) is 0 Å². The monoisotopic (exact) mass is 492 g/mol. The standard InChI is InChI=1S/C24H28BF3N2O5/c1-22(2)23(3,4)35-25(34-22)18(14-30-21(31)32-15-16-8-6-5-7-9-16)12-17-13-19(10-11-20(17)29)33-24(26,27)28/h5-13H,14-15,29H2,1-4H3,(H,30,31). The highest BCUT2D eigenvalue weighted by Crippen LogP contribution is 2.39. The second kappa shape index (κ2) is 10.2. The summed E-state index contributed by atoms with van der Waals surface area (Å²) < 4.78 is 59.5. The number of carbonyl (C=O) groups is 1. The Hall–Kier alpha value is -3.18. The predicted octanol–water partition coefficient (Wildman–Crippen LogP) is 5.11. The van der Waals surface area contributed by atoms with Gasteiger partial charge in [0.05, 0.1) is 11.2 Å². The van der Waals surface area contributed by atoms with E-state index < -0.39 is 36.5 Å². The van der Waals surface area contributed by atoms with Gasteiger partial charge in [0.25, 0.3) is 0 Å². The van der Waals surface area contributed by atoms with Crippen LogP contribution in [0.2, 0.25) is 0 Å². The number of halogens is 3. The lowest BCUT2D eigenvalue weighted by Crippen LogP contribution is -2.41. The van der Waals surface area contributed by atoms with Gasteiger partial charge in [0.15, 0.2) is 0 Å². The van der Waals surface area contributed by atoms with Crippen molar-refractivity contribution >= 4 is 25.0 Å². The van der Waals surface area contributed by atoms with Crippen molar-refractivity contribution in [2.24, 2.45) is 0 Å². The Kier molecular flexibility index (Phi) is 7.71. The molecule has 0 aliphatic carbocycles. The molecule has 2 aromatic carbocycles. The smallest absolute Gasteiger partial charge is 0.445 e. The predicted molar refractivity (Wildman–Crippen MR) is 126 cm³/mol. The number of hydrogen-bond donors (Lipinski definition) is 2. The summed E-state index contributed by atoms with van der Waals surface area (Å²) in [5.74, 6) is -0.429. The van der Waals surface area contributed by atoms with Crippen molar-refractivity contribution in [2.75, 3.05) is 12.3 Å². The Bertz CT molecular complexity index is 1060. The number of alkyl carbamates (subject to hydrolysis) is 1. The van der Waals surface area contributed by atoms with E-state index >= 15 is 0 Å². The minimum atomic E-state index is -4.85. The number of rotatable bonds is 7. The number of benzene rings is 2. The molecule has 3 N–H and O–H groups in total. The van der Waals surface area contributed by atoms with Crippen LogP contribution in [-0.4, -0.2) is 37.3 Å². The van der Waals surface area contributed by atoms with Crippen molar-refractivity contribution in [3.05, 3.63) is 65.1 Å². The number of nitrogens with one attached hydrogen (secondary N) is 1. The molecule has 0 spiro atoms. The number of amides is 1. The first kappa shape index (κ1) is 26.4. The summed E-state index contributed by atoms with van der Waals surface area (Å²) in [6.07, 6.45) is -4.02. The second-order valence-corrected chi connectivity index (χ2v) is 9.06. The zero-order valence-corrected chi connectivity index (χ0v) is 19.9. The van der Waals surface area contributed by atoms with E-state index in [1.165, 1.54) is 12.1 Å². The van der Waals surface area contributed by atoms with Crippen LogP contribution in [0, 0.1) is 0 Å². The van der Waals surface area contributed by atoms with Gasteiger partial charge in [0.1, 0.15) is 12.4 Å². The van der Waals surface area contributed by atoms with Gasteiger partial charge in [-0.05, 0) is 56.9 Å². The first-order chi connectivity index (χ1) is 16.3.